The molecule has 142 valence electrons. The van der Waals surface area contributed by atoms with E-state index in [0.29, 0.717) is 29.6 Å². The summed E-state index contributed by atoms with van der Waals surface area (Å²) in [4.78, 5) is 11.3. The molecule has 3 atom stereocenters. The molecule has 2 N–H and O–H groups in total. The topological polar surface area (TPSA) is 60.0 Å². The predicted molar refractivity (Wildman–Crippen MR) is 108 cm³/mol. The number of hydrogen-bond acceptors (Lipinski definition) is 4. The van der Waals surface area contributed by atoms with Crippen LogP contribution in [0.5, 0.6) is 0 Å². The lowest BCUT2D eigenvalue weighted by molar-refractivity contribution is 0.243. The van der Waals surface area contributed by atoms with Gasteiger partial charge in [0, 0.05) is 24.3 Å². The third-order valence-electron chi connectivity index (χ3n) is 5.05. The molecule has 1 saturated heterocycles. The van der Waals surface area contributed by atoms with E-state index in [1.54, 1.807) is 6.20 Å². The number of nitrogens with two attached hydrogens (primary N) is 1. The molecule has 1 aromatic carbocycles. The van der Waals surface area contributed by atoms with Crippen LogP contribution in [0.25, 0.3) is 11.0 Å². The van der Waals surface area contributed by atoms with Crippen LogP contribution >= 0.6 is 23.2 Å². The highest BCUT2D eigenvalue weighted by Crippen LogP contribution is 2.32. The smallest absolute Gasteiger partial charge is 0.207 e. The Bertz CT molecular complexity index is 959. The van der Waals surface area contributed by atoms with Crippen molar-refractivity contribution in [1.29, 1.82) is 0 Å². The number of alkyl halides is 1. The van der Waals surface area contributed by atoms with Gasteiger partial charge >= 0.3 is 0 Å². The summed E-state index contributed by atoms with van der Waals surface area (Å²) in [5.74, 6) is 0.749. The van der Waals surface area contributed by atoms with Crippen molar-refractivity contribution in [1.82, 2.24) is 14.5 Å². The molecule has 0 amide bonds. The summed E-state index contributed by atoms with van der Waals surface area (Å²) in [6.07, 6.45) is 1.04. The van der Waals surface area contributed by atoms with E-state index in [4.69, 9.17) is 33.9 Å². The van der Waals surface area contributed by atoms with Gasteiger partial charge in [0.1, 0.15) is 6.17 Å². The number of hydrogen-bond donors (Lipinski definition) is 1. The Kier molecular flexibility index (Phi) is 4.97. The molecule has 0 aliphatic carbocycles. The zero-order valence-corrected chi connectivity index (χ0v) is 16.3. The Hall–Kier alpha value is -1.89. The van der Waals surface area contributed by atoms with Gasteiger partial charge in [0.05, 0.1) is 33.8 Å². The van der Waals surface area contributed by atoms with Gasteiger partial charge in [-0.3, -0.25) is 4.98 Å². The summed E-state index contributed by atoms with van der Waals surface area (Å²) in [6, 6.07) is 8.72. The third kappa shape index (κ3) is 3.49. The van der Waals surface area contributed by atoms with E-state index in [-0.39, 0.29) is 6.04 Å². The number of benzene rings is 1. The van der Waals surface area contributed by atoms with Crippen LogP contribution in [0.4, 0.5) is 10.3 Å². The van der Waals surface area contributed by atoms with Gasteiger partial charge in [0.2, 0.25) is 5.95 Å². The van der Waals surface area contributed by atoms with Crippen LogP contribution in [0.15, 0.2) is 36.5 Å². The lowest BCUT2D eigenvalue weighted by atomic mass is 10.1. The molecular formula is C19H20Cl2FN5. The van der Waals surface area contributed by atoms with Gasteiger partial charge in [-0.1, -0.05) is 23.2 Å². The molecule has 27 heavy (non-hydrogen) atoms. The van der Waals surface area contributed by atoms with Crippen molar-refractivity contribution in [3.63, 3.8) is 0 Å². The number of halogens is 3. The highest BCUT2D eigenvalue weighted by atomic mass is 35.5. The molecular weight excluding hydrogens is 388 g/mol. The number of rotatable bonds is 3. The summed E-state index contributed by atoms with van der Waals surface area (Å²) < 4.78 is 16.0. The van der Waals surface area contributed by atoms with Crippen molar-refractivity contribution in [2.75, 3.05) is 18.0 Å². The maximum atomic E-state index is 13.9. The highest BCUT2D eigenvalue weighted by molar-refractivity contribution is 6.31. The highest BCUT2D eigenvalue weighted by Gasteiger charge is 2.30. The van der Waals surface area contributed by atoms with Gasteiger partial charge in [-0.2, -0.15) is 0 Å². The fourth-order valence-electron chi connectivity index (χ4n) is 3.57. The van der Waals surface area contributed by atoms with Crippen molar-refractivity contribution < 1.29 is 4.39 Å². The van der Waals surface area contributed by atoms with E-state index in [9.17, 15) is 4.39 Å². The number of imidazole rings is 1. The number of nitrogens with zero attached hydrogens (tertiary/aromatic N) is 4. The maximum absolute atomic E-state index is 13.9. The van der Waals surface area contributed by atoms with Crippen LogP contribution in [0, 0.1) is 0 Å². The minimum atomic E-state index is -0.983. The quantitative estimate of drug-likeness (QED) is 0.705. The second kappa shape index (κ2) is 7.26. The second-order valence-electron chi connectivity index (χ2n) is 6.91. The molecule has 2 aromatic heterocycles. The molecule has 3 aromatic rings. The zero-order valence-electron chi connectivity index (χ0n) is 14.8. The minimum Gasteiger partial charge on any atom is -0.340 e. The zero-order chi connectivity index (χ0) is 19.1. The van der Waals surface area contributed by atoms with Crippen LogP contribution in [0.2, 0.25) is 10.0 Å². The third-order valence-corrected chi connectivity index (χ3v) is 5.51. The van der Waals surface area contributed by atoms with Gasteiger partial charge in [-0.15, -0.1) is 0 Å². The summed E-state index contributed by atoms with van der Waals surface area (Å²) >= 11 is 12.1. The van der Waals surface area contributed by atoms with Gasteiger partial charge in [-0.05, 0) is 43.7 Å². The summed E-state index contributed by atoms with van der Waals surface area (Å²) in [6.45, 7) is 3.03. The molecule has 0 saturated carbocycles. The minimum absolute atomic E-state index is 0.0947. The lowest BCUT2D eigenvalue weighted by Gasteiger charge is -2.34. The van der Waals surface area contributed by atoms with Gasteiger partial charge in [0.25, 0.3) is 0 Å². The van der Waals surface area contributed by atoms with Crippen LogP contribution in [-0.4, -0.2) is 39.8 Å². The Labute approximate surface area is 166 Å². The second-order valence-corrected chi connectivity index (χ2v) is 7.78. The average molecular weight is 408 g/mol. The molecule has 1 aliphatic rings. The van der Waals surface area contributed by atoms with Gasteiger partial charge in [0.15, 0.2) is 0 Å². The standard InChI is InChI=1S/C19H20Cl2FN5/c1-11(16-4-2-13(21)9-24-16)27-18-5-3-12(20)8-17(18)25-19(27)26-7-6-14(22)15(23)10-26/h2-5,8-9,11,14-15H,6-7,10,23H2,1H3/t11-,14+,15+/m0/s1. The molecule has 1 aliphatic heterocycles. The number of fused-ring (bicyclic) bond motifs is 1. The molecule has 3 heterocycles. The number of aromatic nitrogens is 3. The monoisotopic (exact) mass is 407 g/mol. The van der Waals surface area contributed by atoms with Crippen molar-refractivity contribution in [2.45, 2.75) is 31.6 Å². The Morgan fingerprint density at radius 3 is 2.70 bits per heavy atom. The van der Waals surface area contributed by atoms with Crippen molar-refractivity contribution in [3.8, 4) is 0 Å². The first-order valence-electron chi connectivity index (χ1n) is 8.87. The van der Waals surface area contributed by atoms with E-state index in [1.165, 1.54) is 0 Å². The van der Waals surface area contributed by atoms with Crippen LogP contribution in [-0.2, 0) is 0 Å². The number of piperidine rings is 1. The molecule has 4 rings (SSSR count). The van der Waals surface area contributed by atoms with Crippen LogP contribution < -0.4 is 10.6 Å². The van der Waals surface area contributed by atoms with Gasteiger partial charge < -0.3 is 15.2 Å². The first kappa shape index (κ1) is 18.5. The average Bonchev–Trinajstić information content (AvgIpc) is 3.02. The predicted octanol–water partition coefficient (Wildman–Crippen LogP) is 4.22. The summed E-state index contributed by atoms with van der Waals surface area (Å²) in [5.41, 5.74) is 8.56. The molecule has 0 radical (unpaired) electrons. The SMILES string of the molecule is C[C@@H](c1ccc(Cl)cn1)n1c(N2CC[C@@H](F)[C@H](N)C2)nc2cc(Cl)ccc21. The Morgan fingerprint density at radius 2 is 2.00 bits per heavy atom. The van der Waals surface area contributed by atoms with Crippen LogP contribution in [0.1, 0.15) is 25.1 Å². The van der Waals surface area contributed by atoms with E-state index >= 15 is 0 Å². The van der Waals surface area contributed by atoms with E-state index in [2.05, 4.69) is 16.5 Å². The summed E-state index contributed by atoms with van der Waals surface area (Å²) in [7, 11) is 0. The molecule has 0 spiro atoms. The molecule has 1 fully saturated rings. The van der Waals surface area contributed by atoms with Crippen molar-refractivity contribution >= 4 is 40.2 Å². The molecule has 5 nitrogen and oxygen atoms in total. The Balaban J connectivity index is 1.83. The fourth-order valence-corrected chi connectivity index (χ4v) is 3.84. The largest absolute Gasteiger partial charge is 0.340 e. The molecule has 8 heteroatoms. The normalized spacial score (nSPS) is 21.6. The summed E-state index contributed by atoms with van der Waals surface area (Å²) in [5, 5.41) is 1.21. The maximum Gasteiger partial charge on any atom is 0.207 e. The number of pyridine rings is 1. The molecule has 0 bridgehead atoms. The Morgan fingerprint density at radius 1 is 1.22 bits per heavy atom. The first-order chi connectivity index (χ1) is 12.9. The van der Waals surface area contributed by atoms with E-state index in [0.717, 1.165) is 22.7 Å². The fraction of sp³-hybridized carbons (Fsp3) is 0.368. The van der Waals surface area contributed by atoms with Gasteiger partial charge in [-0.25, -0.2) is 9.37 Å². The lowest BCUT2D eigenvalue weighted by Crippen LogP contribution is -2.50. The first-order valence-corrected chi connectivity index (χ1v) is 9.63. The van der Waals surface area contributed by atoms with E-state index < -0.39 is 12.2 Å². The van der Waals surface area contributed by atoms with Crippen LogP contribution in [0.3, 0.4) is 0 Å². The van der Waals surface area contributed by atoms with Crippen molar-refractivity contribution in [3.05, 3.63) is 52.3 Å². The number of anilines is 1. The van der Waals surface area contributed by atoms with Crippen molar-refractivity contribution in [2.24, 2.45) is 5.73 Å². The van der Waals surface area contributed by atoms with E-state index in [1.807, 2.05) is 35.2 Å². The molecule has 0 unspecified atom stereocenters.